The van der Waals surface area contributed by atoms with E-state index in [9.17, 15) is 0 Å². The fourth-order valence-corrected chi connectivity index (χ4v) is 3.21. The van der Waals surface area contributed by atoms with Gasteiger partial charge in [0.25, 0.3) is 0 Å². The zero-order valence-corrected chi connectivity index (χ0v) is 12.0. The highest BCUT2D eigenvalue weighted by Crippen LogP contribution is 2.26. The van der Waals surface area contributed by atoms with Crippen LogP contribution in [0.4, 0.5) is 0 Å². The van der Waals surface area contributed by atoms with Crippen LogP contribution in [0.1, 0.15) is 38.3 Å². The second kappa shape index (κ2) is 6.05. The summed E-state index contributed by atoms with van der Waals surface area (Å²) < 4.78 is 0. The van der Waals surface area contributed by atoms with Gasteiger partial charge in [0, 0.05) is 30.2 Å². The minimum absolute atomic E-state index is 0.0433. The van der Waals surface area contributed by atoms with Gasteiger partial charge in [0.05, 0.1) is 0 Å². The van der Waals surface area contributed by atoms with Crippen molar-refractivity contribution in [1.29, 1.82) is 0 Å². The minimum atomic E-state index is 0.0433. The lowest BCUT2D eigenvalue weighted by molar-refractivity contribution is 0.255. The van der Waals surface area contributed by atoms with Crippen molar-refractivity contribution in [3.63, 3.8) is 0 Å². The summed E-state index contributed by atoms with van der Waals surface area (Å²) in [5.74, 6) is 0.816. The smallest absolute Gasteiger partial charge is 0.0453 e. The molecule has 1 aromatic rings. The molecule has 1 heterocycles. The lowest BCUT2D eigenvalue weighted by Crippen LogP contribution is -2.30. The number of nitrogens with two attached hydrogens (primary N) is 1. The van der Waals surface area contributed by atoms with E-state index in [1.165, 1.54) is 13.0 Å². The largest absolute Gasteiger partial charge is 0.324 e. The average molecular weight is 267 g/mol. The second-order valence-corrected chi connectivity index (χ2v) is 6.01. The van der Waals surface area contributed by atoms with E-state index < -0.39 is 0 Å². The molecule has 0 aliphatic carbocycles. The van der Waals surface area contributed by atoms with Gasteiger partial charge in [-0.25, -0.2) is 0 Å². The number of benzene rings is 1. The molecule has 1 aromatic carbocycles. The molecule has 2 nitrogen and oxygen atoms in total. The third kappa shape index (κ3) is 3.25. The summed E-state index contributed by atoms with van der Waals surface area (Å²) >= 11 is 6.17. The molecule has 0 radical (unpaired) electrons. The quantitative estimate of drug-likeness (QED) is 0.904. The molecule has 2 rings (SSSR count). The second-order valence-electron chi connectivity index (χ2n) is 5.60. The van der Waals surface area contributed by atoms with E-state index in [0.717, 1.165) is 29.5 Å². The normalized spacial score (nSPS) is 26.4. The molecule has 3 atom stereocenters. The molecule has 1 aliphatic heterocycles. The van der Waals surface area contributed by atoms with Crippen molar-refractivity contribution in [3.8, 4) is 0 Å². The van der Waals surface area contributed by atoms with E-state index in [1.807, 2.05) is 24.3 Å². The first-order chi connectivity index (χ1) is 8.58. The SMILES string of the molecule is CC1CC(C)N(CCC(N)c2ccccc2Cl)C1. The molecule has 1 aliphatic rings. The Bertz CT molecular complexity index is 394. The molecule has 100 valence electrons. The molecule has 3 unspecified atom stereocenters. The Morgan fingerprint density at radius 2 is 2.11 bits per heavy atom. The summed E-state index contributed by atoms with van der Waals surface area (Å²) in [5.41, 5.74) is 7.31. The predicted molar refractivity (Wildman–Crippen MR) is 77.8 cm³/mol. The van der Waals surface area contributed by atoms with Crippen LogP contribution in [-0.2, 0) is 0 Å². The number of likely N-dealkylation sites (tertiary alicyclic amines) is 1. The first kappa shape index (κ1) is 13.9. The summed E-state index contributed by atoms with van der Waals surface area (Å²) in [6.45, 7) is 6.91. The third-order valence-electron chi connectivity index (χ3n) is 3.95. The van der Waals surface area contributed by atoms with Crippen LogP contribution in [0.3, 0.4) is 0 Å². The molecule has 1 saturated heterocycles. The van der Waals surface area contributed by atoms with E-state index >= 15 is 0 Å². The number of hydrogen-bond acceptors (Lipinski definition) is 2. The Morgan fingerprint density at radius 3 is 2.72 bits per heavy atom. The van der Waals surface area contributed by atoms with Crippen LogP contribution in [0.5, 0.6) is 0 Å². The average Bonchev–Trinajstić information content (AvgIpc) is 2.65. The first-order valence-corrected chi connectivity index (χ1v) is 7.19. The van der Waals surface area contributed by atoms with E-state index in [2.05, 4.69) is 18.7 Å². The molecule has 3 heteroatoms. The molecule has 0 saturated carbocycles. The van der Waals surface area contributed by atoms with Crippen LogP contribution >= 0.6 is 11.6 Å². The van der Waals surface area contributed by atoms with E-state index in [0.29, 0.717) is 6.04 Å². The molecular weight excluding hydrogens is 244 g/mol. The van der Waals surface area contributed by atoms with Crippen LogP contribution in [0.15, 0.2) is 24.3 Å². The number of halogens is 1. The summed E-state index contributed by atoms with van der Waals surface area (Å²) in [7, 11) is 0. The number of rotatable bonds is 4. The van der Waals surface area contributed by atoms with Gasteiger partial charge in [-0.1, -0.05) is 36.7 Å². The third-order valence-corrected chi connectivity index (χ3v) is 4.29. The van der Waals surface area contributed by atoms with Gasteiger partial charge >= 0.3 is 0 Å². The highest BCUT2D eigenvalue weighted by atomic mass is 35.5. The Morgan fingerprint density at radius 1 is 1.39 bits per heavy atom. The highest BCUT2D eigenvalue weighted by Gasteiger charge is 2.26. The maximum Gasteiger partial charge on any atom is 0.0453 e. The summed E-state index contributed by atoms with van der Waals surface area (Å²) in [6.07, 6.45) is 2.28. The van der Waals surface area contributed by atoms with Crippen molar-refractivity contribution in [2.24, 2.45) is 11.7 Å². The Hall–Kier alpha value is -0.570. The maximum absolute atomic E-state index is 6.24. The zero-order chi connectivity index (χ0) is 13.1. The topological polar surface area (TPSA) is 29.3 Å². The van der Waals surface area contributed by atoms with Gasteiger partial charge in [0.1, 0.15) is 0 Å². The molecule has 18 heavy (non-hydrogen) atoms. The molecule has 1 fully saturated rings. The van der Waals surface area contributed by atoms with Gasteiger partial charge in [0.2, 0.25) is 0 Å². The number of hydrogen-bond donors (Lipinski definition) is 1. The molecule has 0 spiro atoms. The number of nitrogens with zero attached hydrogens (tertiary/aromatic N) is 1. The predicted octanol–water partition coefficient (Wildman–Crippen LogP) is 3.46. The van der Waals surface area contributed by atoms with Crippen LogP contribution in [0, 0.1) is 5.92 Å². The van der Waals surface area contributed by atoms with E-state index in [1.54, 1.807) is 0 Å². The minimum Gasteiger partial charge on any atom is -0.324 e. The van der Waals surface area contributed by atoms with Crippen LogP contribution in [-0.4, -0.2) is 24.0 Å². The van der Waals surface area contributed by atoms with Crippen molar-refractivity contribution >= 4 is 11.6 Å². The van der Waals surface area contributed by atoms with Gasteiger partial charge in [-0.2, -0.15) is 0 Å². The van der Waals surface area contributed by atoms with Crippen molar-refractivity contribution in [2.75, 3.05) is 13.1 Å². The van der Waals surface area contributed by atoms with Crippen molar-refractivity contribution in [2.45, 2.75) is 38.8 Å². The fraction of sp³-hybridized carbons (Fsp3) is 0.600. The Labute approximate surface area is 115 Å². The standard InChI is InChI=1S/C15H23ClN2/c1-11-9-12(2)18(10-11)8-7-15(17)13-5-3-4-6-14(13)16/h3-6,11-12,15H,7-10,17H2,1-2H3. The lowest BCUT2D eigenvalue weighted by Gasteiger charge is -2.23. The zero-order valence-electron chi connectivity index (χ0n) is 11.3. The molecule has 0 aromatic heterocycles. The van der Waals surface area contributed by atoms with Gasteiger partial charge in [-0.05, 0) is 37.3 Å². The lowest BCUT2D eigenvalue weighted by atomic mass is 10.0. The van der Waals surface area contributed by atoms with E-state index in [4.69, 9.17) is 17.3 Å². The van der Waals surface area contributed by atoms with Gasteiger partial charge < -0.3 is 10.6 Å². The monoisotopic (exact) mass is 266 g/mol. The maximum atomic E-state index is 6.24. The molecule has 0 amide bonds. The Kier molecular flexibility index (Phi) is 4.66. The molecular formula is C15H23ClN2. The van der Waals surface area contributed by atoms with Crippen LogP contribution in [0.25, 0.3) is 0 Å². The summed E-state index contributed by atoms with van der Waals surface area (Å²) in [6, 6.07) is 8.63. The summed E-state index contributed by atoms with van der Waals surface area (Å²) in [4.78, 5) is 2.54. The van der Waals surface area contributed by atoms with Crippen LogP contribution in [0.2, 0.25) is 5.02 Å². The van der Waals surface area contributed by atoms with Gasteiger partial charge in [-0.15, -0.1) is 0 Å². The fourth-order valence-electron chi connectivity index (χ4n) is 2.93. The van der Waals surface area contributed by atoms with Crippen molar-refractivity contribution < 1.29 is 0 Å². The highest BCUT2D eigenvalue weighted by molar-refractivity contribution is 6.31. The Balaban J connectivity index is 1.89. The van der Waals surface area contributed by atoms with Gasteiger partial charge in [-0.3, -0.25) is 0 Å². The molecule has 0 bridgehead atoms. The van der Waals surface area contributed by atoms with Crippen molar-refractivity contribution in [1.82, 2.24) is 4.90 Å². The van der Waals surface area contributed by atoms with Gasteiger partial charge in [0.15, 0.2) is 0 Å². The van der Waals surface area contributed by atoms with Crippen LogP contribution < -0.4 is 5.73 Å². The summed E-state index contributed by atoms with van der Waals surface area (Å²) in [5, 5.41) is 0.785. The molecule has 2 N–H and O–H groups in total. The first-order valence-electron chi connectivity index (χ1n) is 6.82. The van der Waals surface area contributed by atoms with E-state index in [-0.39, 0.29) is 6.04 Å². The van der Waals surface area contributed by atoms with Crippen molar-refractivity contribution in [3.05, 3.63) is 34.9 Å².